The second-order valence-corrected chi connectivity index (χ2v) is 9.11. The van der Waals surface area contributed by atoms with E-state index >= 15 is 0 Å². The molecule has 0 aliphatic carbocycles. The fourth-order valence-corrected chi connectivity index (χ4v) is 4.43. The molecule has 0 aliphatic rings. The number of benzene rings is 3. The Balaban J connectivity index is 1.90. The molecule has 0 saturated carbocycles. The SMILES string of the molecule is COc1ccc(CN(Cc2ccc(OC)cc2OC)Sc2ccc(I)cc2)c(OC)c1. The Morgan fingerprint density at radius 3 is 1.58 bits per heavy atom. The van der Waals surface area contributed by atoms with Gasteiger partial charge in [0.2, 0.25) is 0 Å². The lowest BCUT2D eigenvalue weighted by Crippen LogP contribution is -2.16. The normalized spacial score (nSPS) is 10.8. The van der Waals surface area contributed by atoms with Gasteiger partial charge < -0.3 is 18.9 Å². The molecule has 3 aromatic carbocycles. The largest absolute Gasteiger partial charge is 0.497 e. The first kappa shape index (κ1) is 23.6. The zero-order chi connectivity index (χ0) is 22.2. The number of rotatable bonds is 10. The molecule has 0 heterocycles. The van der Waals surface area contributed by atoms with E-state index in [1.54, 1.807) is 40.4 Å². The first-order valence-electron chi connectivity index (χ1n) is 9.66. The summed E-state index contributed by atoms with van der Waals surface area (Å²) in [7, 11) is 6.68. The second-order valence-electron chi connectivity index (χ2n) is 6.70. The molecule has 0 aliphatic heterocycles. The molecule has 7 heteroatoms. The number of halogens is 1. The first-order valence-corrected chi connectivity index (χ1v) is 11.5. The number of nitrogens with zero attached hydrogens (tertiary/aromatic N) is 1. The van der Waals surface area contributed by atoms with Crippen molar-refractivity contribution in [1.82, 2.24) is 4.31 Å². The van der Waals surface area contributed by atoms with Crippen LogP contribution in [0.15, 0.2) is 65.6 Å². The summed E-state index contributed by atoms with van der Waals surface area (Å²) in [4.78, 5) is 1.17. The van der Waals surface area contributed by atoms with Gasteiger partial charge in [0.05, 0.1) is 28.4 Å². The summed E-state index contributed by atoms with van der Waals surface area (Å²) < 4.78 is 25.4. The summed E-state index contributed by atoms with van der Waals surface area (Å²) >= 11 is 4.02. The van der Waals surface area contributed by atoms with Gasteiger partial charge in [0.25, 0.3) is 0 Å². The van der Waals surface area contributed by atoms with Gasteiger partial charge >= 0.3 is 0 Å². The van der Waals surface area contributed by atoms with Crippen LogP contribution >= 0.6 is 34.5 Å². The molecule has 0 spiro atoms. The number of hydrogen-bond donors (Lipinski definition) is 0. The van der Waals surface area contributed by atoms with Crippen LogP contribution in [0.4, 0.5) is 0 Å². The highest BCUT2D eigenvalue weighted by Crippen LogP contribution is 2.34. The molecule has 0 bridgehead atoms. The van der Waals surface area contributed by atoms with E-state index in [0.717, 1.165) is 34.1 Å². The van der Waals surface area contributed by atoms with E-state index in [-0.39, 0.29) is 0 Å². The molecule has 0 amide bonds. The lowest BCUT2D eigenvalue weighted by molar-refractivity contribution is 0.372. The van der Waals surface area contributed by atoms with Crippen LogP contribution in [0.2, 0.25) is 0 Å². The minimum atomic E-state index is 0.680. The van der Waals surface area contributed by atoms with Gasteiger partial charge in [-0.2, -0.15) is 0 Å². The van der Waals surface area contributed by atoms with Crippen molar-refractivity contribution in [1.29, 1.82) is 0 Å². The van der Waals surface area contributed by atoms with E-state index in [9.17, 15) is 0 Å². The Labute approximate surface area is 201 Å². The molecule has 31 heavy (non-hydrogen) atoms. The molecule has 0 unspecified atom stereocenters. The van der Waals surface area contributed by atoms with Gasteiger partial charge in [0.15, 0.2) is 0 Å². The standard InChI is InChI=1S/C24H26INO4S/c1-27-20-9-5-17(23(13-20)29-3)15-26(31-22-11-7-19(25)8-12-22)16-18-6-10-21(28-2)14-24(18)30-4/h5-14H,15-16H2,1-4H3. The van der Waals surface area contributed by atoms with Gasteiger partial charge in [-0.25, -0.2) is 4.31 Å². The first-order chi connectivity index (χ1) is 15.1. The second kappa shape index (κ2) is 11.5. The smallest absolute Gasteiger partial charge is 0.127 e. The van der Waals surface area contributed by atoms with E-state index in [1.165, 1.54) is 8.47 Å². The van der Waals surface area contributed by atoms with Crippen molar-refractivity contribution < 1.29 is 18.9 Å². The van der Waals surface area contributed by atoms with E-state index in [0.29, 0.717) is 13.1 Å². The Morgan fingerprint density at radius 1 is 0.677 bits per heavy atom. The van der Waals surface area contributed by atoms with E-state index in [2.05, 4.69) is 51.2 Å². The summed E-state index contributed by atoms with van der Waals surface area (Å²) in [6.07, 6.45) is 0. The van der Waals surface area contributed by atoms with Crippen LogP contribution in [0.25, 0.3) is 0 Å². The maximum Gasteiger partial charge on any atom is 0.127 e. The zero-order valence-electron chi connectivity index (χ0n) is 18.1. The Bertz CT molecular complexity index is 940. The summed E-state index contributed by atoms with van der Waals surface area (Å²) in [5.74, 6) is 3.15. The molecular weight excluding hydrogens is 525 g/mol. The molecule has 0 atom stereocenters. The topological polar surface area (TPSA) is 40.2 Å². The van der Waals surface area contributed by atoms with Gasteiger partial charge in [-0.1, -0.05) is 12.1 Å². The van der Waals surface area contributed by atoms with Crippen molar-refractivity contribution in [3.8, 4) is 23.0 Å². The van der Waals surface area contributed by atoms with Crippen molar-refractivity contribution in [3.63, 3.8) is 0 Å². The van der Waals surface area contributed by atoms with Crippen LogP contribution < -0.4 is 18.9 Å². The van der Waals surface area contributed by atoms with Crippen LogP contribution in [-0.4, -0.2) is 32.7 Å². The Morgan fingerprint density at radius 2 is 1.16 bits per heavy atom. The van der Waals surface area contributed by atoms with Crippen LogP contribution in [0, 0.1) is 3.57 Å². The third-order valence-electron chi connectivity index (χ3n) is 4.73. The molecule has 0 fully saturated rings. The predicted molar refractivity (Wildman–Crippen MR) is 133 cm³/mol. The van der Waals surface area contributed by atoms with Gasteiger partial charge in [0, 0.05) is 44.8 Å². The maximum absolute atomic E-state index is 5.62. The summed E-state index contributed by atoms with van der Waals surface area (Å²) in [6, 6.07) is 20.3. The average molecular weight is 551 g/mol. The average Bonchev–Trinajstić information content (AvgIpc) is 2.80. The van der Waals surface area contributed by atoms with Crippen molar-refractivity contribution in [2.75, 3.05) is 28.4 Å². The fourth-order valence-electron chi connectivity index (χ4n) is 3.11. The minimum Gasteiger partial charge on any atom is -0.497 e. The minimum absolute atomic E-state index is 0.680. The summed E-state index contributed by atoms with van der Waals surface area (Å²) in [5, 5.41) is 0. The van der Waals surface area contributed by atoms with Crippen molar-refractivity contribution >= 4 is 34.5 Å². The monoisotopic (exact) mass is 551 g/mol. The highest BCUT2D eigenvalue weighted by Gasteiger charge is 2.16. The summed E-state index contributed by atoms with van der Waals surface area (Å²) in [6.45, 7) is 1.36. The quantitative estimate of drug-likeness (QED) is 0.226. The zero-order valence-corrected chi connectivity index (χ0v) is 21.0. The fraction of sp³-hybridized carbons (Fsp3) is 0.250. The third kappa shape index (κ3) is 6.44. The summed E-state index contributed by atoms with van der Waals surface area (Å²) in [5.41, 5.74) is 2.16. The van der Waals surface area contributed by atoms with E-state index < -0.39 is 0 Å². The van der Waals surface area contributed by atoms with Crippen molar-refractivity contribution in [3.05, 3.63) is 75.4 Å². The lowest BCUT2D eigenvalue weighted by atomic mass is 10.1. The highest BCUT2D eigenvalue weighted by atomic mass is 127. The van der Waals surface area contributed by atoms with Crippen molar-refractivity contribution in [2.24, 2.45) is 0 Å². The highest BCUT2D eigenvalue weighted by molar-refractivity contribution is 14.1. The maximum atomic E-state index is 5.62. The van der Waals surface area contributed by atoms with Gasteiger partial charge in [-0.15, -0.1) is 0 Å². The van der Waals surface area contributed by atoms with Crippen LogP contribution in [0.3, 0.4) is 0 Å². The number of ether oxygens (including phenoxy) is 4. The molecule has 0 radical (unpaired) electrons. The molecule has 3 aromatic rings. The Hall–Kier alpha value is -2.10. The predicted octanol–water partition coefficient (Wildman–Crippen LogP) is 6.04. The van der Waals surface area contributed by atoms with Crippen molar-refractivity contribution in [2.45, 2.75) is 18.0 Å². The molecule has 0 saturated heterocycles. The molecular formula is C24H26INO4S. The van der Waals surface area contributed by atoms with Gasteiger partial charge in [0.1, 0.15) is 23.0 Å². The molecule has 0 N–H and O–H groups in total. The van der Waals surface area contributed by atoms with E-state index in [4.69, 9.17) is 18.9 Å². The molecule has 0 aromatic heterocycles. The van der Waals surface area contributed by atoms with Gasteiger partial charge in [-0.05, 0) is 70.9 Å². The molecule has 164 valence electrons. The van der Waals surface area contributed by atoms with Crippen LogP contribution in [0.1, 0.15) is 11.1 Å². The third-order valence-corrected chi connectivity index (χ3v) is 6.45. The van der Waals surface area contributed by atoms with Gasteiger partial charge in [-0.3, -0.25) is 0 Å². The number of methoxy groups -OCH3 is 4. The molecule has 3 rings (SSSR count). The number of hydrogen-bond acceptors (Lipinski definition) is 6. The molecule has 5 nitrogen and oxygen atoms in total. The lowest BCUT2D eigenvalue weighted by Gasteiger charge is -2.24. The van der Waals surface area contributed by atoms with Crippen LogP contribution in [0.5, 0.6) is 23.0 Å². The van der Waals surface area contributed by atoms with Crippen LogP contribution in [-0.2, 0) is 13.1 Å². The van der Waals surface area contributed by atoms with E-state index in [1.807, 2.05) is 36.4 Å². The Kier molecular flexibility index (Phi) is 8.74.